The summed E-state index contributed by atoms with van der Waals surface area (Å²) in [6.07, 6.45) is 1.11. The number of nitrogens with zero attached hydrogens (tertiary/aromatic N) is 2. The molecule has 0 radical (unpaired) electrons. The van der Waals surface area contributed by atoms with E-state index in [-0.39, 0.29) is 6.54 Å². The van der Waals surface area contributed by atoms with Crippen molar-refractivity contribution < 1.29 is 13.2 Å². The van der Waals surface area contributed by atoms with Gasteiger partial charge in [-0.25, -0.2) is 8.42 Å². The summed E-state index contributed by atoms with van der Waals surface area (Å²) in [5.41, 5.74) is 3.87. The van der Waals surface area contributed by atoms with Crippen LogP contribution in [0.1, 0.15) is 11.1 Å². The maximum absolute atomic E-state index is 12.4. The van der Waals surface area contributed by atoms with Crippen LogP contribution in [0, 0.1) is 13.8 Å². The first-order chi connectivity index (χ1) is 12.1. The Bertz CT molecular complexity index is 891. The minimum absolute atomic E-state index is 0.279. The Hall–Kier alpha value is -2.54. The van der Waals surface area contributed by atoms with Crippen LogP contribution in [0.5, 0.6) is 0 Å². The molecule has 0 bridgehead atoms. The Morgan fingerprint density at radius 1 is 1.04 bits per heavy atom. The largest absolute Gasteiger partial charge is 0.378 e. The second-order valence-electron chi connectivity index (χ2n) is 6.55. The van der Waals surface area contributed by atoms with Gasteiger partial charge in [-0.1, -0.05) is 12.1 Å². The highest BCUT2D eigenvalue weighted by Crippen LogP contribution is 2.24. The molecule has 0 unspecified atom stereocenters. The lowest BCUT2D eigenvalue weighted by Crippen LogP contribution is -2.37. The van der Waals surface area contributed by atoms with Crippen LogP contribution in [0.4, 0.5) is 17.1 Å². The van der Waals surface area contributed by atoms with E-state index in [0.29, 0.717) is 11.4 Å². The molecule has 0 aliphatic carbocycles. The van der Waals surface area contributed by atoms with Crippen LogP contribution in [0.25, 0.3) is 0 Å². The van der Waals surface area contributed by atoms with Crippen molar-refractivity contribution in [3.8, 4) is 0 Å². The molecule has 0 aromatic heterocycles. The molecule has 0 heterocycles. The van der Waals surface area contributed by atoms with Gasteiger partial charge in [-0.05, 0) is 55.3 Å². The zero-order valence-corrected chi connectivity index (χ0v) is 16.6. The molecule has 0 spiro atoms. The van der Waals surface area contributed by atoms with E-state index in [1.807, 2.05) is 57.1 Å². The number of hydrogen-bond acceptors (Lipinski definition) is 4. The van der Waals surface area contributed by atoms with Gasteiger partial charge in [0.25, 0.3) is 0 Å². The molecule has 1 N–H and O–H groups in total. The number of carbonyl (C=O) groups excluding carboxylic acids is 1. The van der Waals surface area contributed by atoms with E-state index in [4.69, 9.17) is 0 Å². The van der Waals surface area contributed by atoms with Gasteiger partial charge in [0.1, 0.15) is 6.54 Å². The highest BCUT2D eigenvalue weighted by molar-refractivity contribution is 7.92. The Morgan fingerprint density at radius 2 is 1.65 bits per heavy atom. The summed E-state index contributed by atoms with van der Waals surface area (Å²) in [5, 5.41) is 2.75. The Labute approximate surface area is 155 Å². The van der Waals surface area contributed by atoms with Gasteiger partial charge >= 0.3 is 0 Å². The molecule has 0 fully saturated rings. The molecule has 26 heavy (non-hydrogen) atoms. The van der Waals surface area contributed by atoms with Crippen LogP contribution >= 0.6 is 0 Å². The number of anilines is 3. The number of hydrogen-bond donors (Lipinski definition) is 1. The monoisotopic (exact) mass is 375 g/mol. The summed E-state index contributed by atoms with van der Waals surface area (Å²) in [5.74, 6) is -0.395. The average molecular weight is 375 g/mol. The van der Waals surface area contributed by atoms with Crippen molar-refractivity contribution in [2.75, 3.05) is 41.4 Å². The van der Waals surface area contributed by atoms with Gasteiger partial charge in [0.15, 0.2) is 0 Å². The van der Waals surface area contributed by atoms with E-state index < -0.39 is 15.9 Å². The lowest BCUT2D eigenvalue weighted by Gasteiger charge is -2.24. The van der Waals surface area contributed by atoms with Crippen molar-refractivity contribution in [2.24, 2.45) is 0 Å². The number of sulfonamides is 1. The Morgan fingerprint density at radius 3 is 2.19 bits per heavy atom. The van der Waals surface area contributed by atoms with Crippen LogP contribution in [0.3, 0.4) is 0 Å². The lowest BCUT2D eigenvalue weighted by atomic mass is 10.1. The Balaban J connectivity index is 2.21. The smallest absolute Gasteiger partial charge is 0.245 e. The summed E-state index contributed by atoms with van der Waals surface area (Å²) in [6.45, 7) is 3.43. The van der Waals surface area contributed by atoms with Gasteiger partial charge in [0.2, 0.25) is 15.9 Å². The number of nitrogens with one attached hydrogen (secondary N) is 1. The van der Waals surface area contributed by atoms with Gasteiger partial charge < -0.3 is 10.2 Å². The third kappa shape index (κ3) is 4.98. The standard InChI is InChI=1S/C19H25N3O3S/c1-14-6-7-15(2)18(12-14)22(26(5,24)25)13-19(23)20-16-8-10-17(11-9-16)21(3)4/h6-12H,13H2,1-5H3,(H,20,23). The van der Waals surface area contributed by atoms with Gasteiger partial charge in [0.05, 0.1) is 11.9 Å². The van der Waals surface area contributed by atoms with E-state index in [1.54, 1.807) is 18.2 Å². The average Bonchev–Trinajstić information content (AvgIpc) is 2.54. The predicted octanol–water partition coefficient (Wildman–Crippen LogP) is 2.77. The molecule has 0 aliphatic heterocycles. The van der Waals surface area contributed by atoms with Crippen molar-refractivity contribution in [1.29, 1.82) is 0 Å². The zero-order chi connectivity index (χ0) is 19.5. The molecule has 2 aromatic rings. The molecule has 1 amide bonds. The van der Waals surface area contributed by atoms with Gasteiger partial charge in [-0.3, -0.25) is 9.10 Å². The molecule has 0 aliphatic rings. The second kappa shape index (κ2) is 7.78. The molecule has 2 aromatic carbocycles. The van der Waals surface area contributed by atoms with E-state index in [2.05, 4.69) is 5.32 Å². The highest BCUT2D eigenvalue weighted by atomic mass is 32.2. The number of carbonyl (C=O) groups is 1. The summed E-state index contributed by atoms with van der Waals surface area (Å²) < 4.78 is 25.6. The molecular formula is C19H25N3O3S. The van der Waals surface area contributed by atoms with Gasteiger partial charge in [-0.15, -0.1) is 0 Å². The minimum atomic E-state index is -3.60. The summed E-state index contributed by atoms with van der Waals surface area (Å²) >= 11 is 0. The molecule has 140 valence electrons. The molecule has 0 saturated carbocycles. The summed E-state index contributed by atoms with van der Waals surface area (Å²) in [6, 6.07) is 12.9. The normalized spacial score (nSPS) is 11.1. The third-order valence-corrected chi connectivity index (χ3v) is 5.11. The van der Waals surface area contributed by atoms with Crippen LogP contribution in [0.15, 0.2) is 42.5 Å². The number of benzene rings is 2. The lowest BCUT2D eigenvalue weighted by molar-refractivity contribution is -0.114. The molecule has 7 heteroatoms. The van der Waals surface area contributed by atoms with Crippen molar-refractivity contribution in [2.45, 2.75) is 13.8 Å². The molecule has 0 atom stereocenters. The van der Waals surface area contributed by atoms with Crippen LogP contribution < -0.4 is 14.5 Å². The number of amides is 1. The van der Waals surface area contributed by atoms with E-state index in [1.165, 1.54) is 0 Å². The quantitative estimate of drug-likeness (QED) is 0.843. The number of rotatable bonds is 6. The fraction of sp³-hybridized carbons (Fsp3) is 0.316. The van der Waals surface area contributed by atoms with Crippen molar-refractivity contribution in [3.63, 3.8) is 0 Å². The molecule has 2 rings (SSSR count). The van der Waals surface area contributed by atoms with Crippen LogP contribution in [-0.4, -0.2) is 41.2 Å². The summed E-state index contributed by atoms with van der Waals surface area (Å²) in [4.78, 5) is 14.4. The van der Waals surface area contributed by atoms with Gasteiger partial charge in [0, 0.05) is 25.5 Å². The first kappa shape index (κ1) is 19.8. The highest BCUT2D eigenvalue weighted by Gasteiger charge is 2.22. The van der Waals surface area contributed by atoms with Crippen molar-refractivity contribution in [3.05, 3.63) is 53.6 Å². The topological polar surface area (TPSA) is 69.7 Å². The fourth-order valence-electron chi connectivity index (χ4n) is 2.54. The van der Waals surface area contributed by atoms with E-state index in [0.717, 1.165) is 27.4 Å². The first-order valence-electron chi connectivity index (χ1n) is 8.20. The minimum Gasteiger partial charge on any atom is -0.378 e. The van der Waals surface area contributed by atoms with E-state index >= 15 is 0 Å². The van der Waals surface area contributed by atoms with Crippen LogP contribution in [-0.2, 0) is 14.8 Å². The third-order valence-electron chi connectivity index (χ3n) is 3.99. The molecular weight excluding hydrogens is 350 g/mol. The van der Waals surface area contributed by atoms with Crippen molar-refractivity contribution >= 4 is 33.0 Å². The van der Waals surface area contributed by atoms with Crippen molar-refractivity contribution in [1.82, 2.24) is 0 Å². The summed E-state index contributed by atoms with van der Waals surface area (Å²) in [7, 11) is 0.268. The maximum Gasteiger partial charge on any atom is 0.245 e. The molecule has 6 nitrogen and oxygen atoms in total. The molecule has 0 saturated heterocycles. The maximum atomic E-state index is 12.4. The van der Waals surface area contributed by atoms with Crippen LogP contribution in [0.2, 0.25) is 0 Å². The second-order valence-corrected chi connectivity index (χ2v) is 8.46. The first-order valence-corrected chi connectivity index (χ1v) is 10.0. The number of aryl methyl sites for hydroxylation is 2. The van der Waals surface area contributed by atoms with E-state index in [9.17, 15) is 13.2 Å². The predicted molar refractivity (Wildman–Crippen MR) is 108 cm³/mol. The zero-order valence-electron chi connectivity index (χ0n) is 15.8. The Kier molecular flexibility index (Phi) is 5.92. The van der Waals surface area contributed by atoms with Gasteiger partial charge in [-0.2, -0.15) is 0 Å². The SMILES string of the molecule is Cc1ccc(C)c(N(CC(=O)Nc2ccc(N(C)C)cc2)S(C)(=O)=O)c1. The fourth-order valence-corrected chi connectivity index (χ4v) is 3.45.